The van der Waals surface area contributed by atoms with Gasteiger partial charge in [-0.25, -0.2) is 18.1 Å². The molecular weight excluding hydrogens is 315 g/mol. The van der Waals surface area contributed by atoms with Gasteiger partial charge in [-0.1, -0.05) is 0 Å². The van der Waals surface area contributed by atoms with E-state index in [2.05, 4.69) is 9.72 Å². The normalized spacial score (nSPS) is 12.4. The van der Waals surface area contributed by atoms with Gasteiger partial charge < -0.3 is 9.72 Å². The third-order valence-corrected chi connectivity index (χ3v) is 3.60. The van der Waals surface area contributed by atoms with E-state index in [4.69, 9.17) is 0 Å². The molecule has 0 amide bonds. The lowest BCUT2D eigenvalue weighted by molar-refractivity contribution is -0.142. The van der Waals surface area contributed by atoms with Crippen LogP contribution in [-0.2, 0) is 32.3 Å². The van der Waals surface area contributed by atoms with Gasteiger partial charge in [0.05, 0.1) is 31.5 Å². The number of H-pyrrole nitrogens is 1. The SMILES string of the molecule is CCOC(=O)CCS(=O)(=O)NCc1ncc(C(F)(F)F)[nH]1. The Bertz CT molecular complexity index is 583. The van der Waals surface area contributed by atoms with Gasteiger partial charge in [-0.2, -0.15) is 13.2 Å². The van der Waals surface area contributed by atoms with E-state index in [1.54, 1.807) is 6.92 Å². The summed E-state index contributed by atoms with van der Waals surface area (Å²) in [5, 5.41) is 0. The molecule has 0 aromatic carbocycles. The molecule has 0 bridgehead atoms. The summed E-state index contributed by atoms with van der Waals surface area (Å²) < 4.78 is 66.6. The molecule has 0 aliphatic carbocycles. The van der Waals surface area contributed by atoms with Crippen LogP contribution < -0.4 is 4.72 Å². The first kappa shape index (κ1) is 17.4. The van der Waals surface area contributed by atoms with Crippen molar-refractivity contribution in [2.24, 2.45) is 0 Å². The average molecular weight is 329 g/mol. The molecule has 0 fully saturated rings. The first-order chi connectivity index (χ1) is 9.64. The van der Waals surface area contributed by atoms with Crippen LogP contribution in [0.15, 0.2) is 6.20 Å². The third kappa shape index (κ3) is 6.12. The largest absolute Gasteiger partial charge is 0.466 e. The fourth-order valence-electron chi connectivity index (χ4n) is 1.30. The Balaban J connectivity index is 2.50. The average Bonchev–Trinajstić information content (AvgIpc) is 2.83. The monoisotopic (exact) mass is 329 g/mol. The van der Waals surface area contributed by atoms with Crippen LogP contribution >= 0.6 is 0 Å². The second-order valence-corrected chi connectivity index (χ2v) is 5.86. The van der Waals surface area contributed by atoms with E-state index in [-0.39, 0.29) is 18.9 Å². The Morgan fingerprint density at radius 2 is 2.14 bits per heavy atom. The van der Waals surface area contributed by atoms with E-state index in [1.807, 2.05) is 9.71 Å². The zero-order chi connectivity index (χ0) is 16.1. The number of halogens is 3. The summed E-state index contributed by atoms with van der Waals surface area (Å²) in [5.41, 5.74) is -1.07. The van der Waals surface area contributed by atoms with Crippen LogP contribution in [0, 0.1) is 0 Å². The number of imidazole rings is 1. The number of aromatic nitrogens is 2. The Labute approximate surface area is 118 Å². The summed E-state index contributed by atoms with van der Waals surface area (Å²) >= 11 is 0. The smallest absolute Gasteiger partial charge is 0.432 e. The summed E-state index contributed by atoms with van der Waals surface area (Å²) in [5.74, 6) is -1.36. The lowest BCUT2D eigenvalue weighted by atomic mass is 10.5. The van der Waals surface area contributed by atoms with Crippen molar-refractivity contribution in [2.75, 3.05) is 12.4 Å². The highest BCUT2D eigenvalue weighted by atomic mass is 32.2. The molecule has 0 aliphatic rings. The molecule has 0 saturated carbocycles. The molecule has 1 aromatic heterocycles. The predicted molar refractivity (Wildman–Crippen MR) is 65.5 cm³/mol. The van der Waals surface area contributed by atoms with Crippen LogP contribution in [0.1, 0.15) is 24.9 Å². The van der Waals surface area contributed by atoms with Crippen molar-refractivity contribution in [3.05, 3.63) is 17.7 Å². The number of rotatable bonds is 7. The Morgan fingerprint density at radius 1 is 1.48 bits per heavy atom. The van der Waals surface area contributed by atoms with E-state index in [1.165, 1.54) is 0 Å². The van der Waals surface area contributed by atoms with E-state index in [0.717, 1.165) is 0 Å². The highest BCUT2D eigenvalue weighted by molar-refractivity contribution is 7.89. The standard InChI is InChI=1S/C10H14F3N3O4S/c1-2-20-9(17)3-4-21(18,19)15-6-8-14-5-7(16-8)10(11,12)13/h5,15H,2-4,6H2,1H3,(H,14,16). The number of carbonyl (C=O) groups excluding carboxylic acids is 1. The molecule has 2 N–H and O–H groups in total. The lowest BCUT2D eigenvalue weighted by Crippen LogP contribution is -2.28. The van der Waals surface area contributed by atoms with Crippen LogP contribution in [-0.4, -0.2) is 36.7 Å². The number of nitrogens with zero attached hydrogens (tertiary/aromatic N) is 1. The van der Waals surface area contributed by atoms with Crippen LogP contribution in [0.2, 0.25) is 0 Å². The Morgan fingerprint density at radius 3 is 2.67 bits per heavy atom. The van der Waals surface area contributed by atoms with Crippen LogP contribution in [0.4, 0.5) is 13.2 Å². The Hall–Kier alpha value is -1.62. The number of sulfonamides is 1. The van der Waals surface area contributed by atoms with Crippen molar-refractivity contribution >= 4 is 16.0 Å². The maximum atomic E-state index is 12.3. The van der Waals surface area contributed by atoms with Crippen LogP contribution in [0.5, 0.6) is 0 Å². The third-order valence-electron chi connectivity index (χ3n) is 2.27. The molecule has 21 heavy (non-hydrogen) atoms. The predicted octanol–water partition coefficient (Wildman–Crippen LogP) is 0.801. The number of carbonyl (C=O) groups is 1. The molecule has 1 rings (SSSR count). The maximum Gasteiger partial charge on any atom is 0.432 e. The quantitative estimate of drug-likeness (QED) is 0.721. The fourth-order valence-corrected chi connectivity index (χ4v) is 2.23. The van der Waals surface area contributed by atoms with E-state index in [0.29, 0.717) is 6.20 Å². The zero-order valence-corrected chi connectivity index (χ0v) is 11.8. The molecule has 0 unspecified atom stereocenters. The minimum atomic E-state index is -4.58. The van der Waals surface area contributed by atoms with Gasteiger partial charge in [-0.05, 0) is 6.92 Å². The molecule has 0 spiro atoms. The van der Waals surface area contributed by atoms with Gasteiger partial charge >= 0.3 is 12.1 Å². The number of alkyl halides is 3. The molecule has 0 atom stereocenters. The number of aromatic amines is 1. The highest BCUT2D eigenvalue weighted by Gasteiger charge is 2.32. The lowest BCUT2D eigenvalue weighted by Gasteiger charge is -2.05. The van der Waals surface area contributed by atoms with Gasteiger partial charge in [-0.15, -0.1) is 0 Å². The molecule has 1 aromatic rings. The van der Waals surface area contributed by atoms with Crippen LogP contribution in [0.3, 0.4) is 0 Å². The fraction of sp³-hybridized carbons (Fsp3) is 0.600. The van der Waals surface area contributed by atoms with Crippen molar-refractivity contribution in [3.8, 4) is 0 Å². The first-order valence-electron chi connectivity index (χ1n) is 5.88. The molecular formula is C10H14F3N3O4S. The van der Waals surface area contributed by atoms with Gasteiger partial charge in [-0.3, -0.25) is 4.79 Å². The molecule has 0 aliphatic heterocycles. The minimum Gasteiger partial charge on any atom is -0.466 e. The number of esters is 1. The van der Waals surface area contributed by atoms with Crippen molar-refractivity contribution < 1.29 is 31.1 Å². The van der Waals surface area contributed by atoms with Gasteiger partial charge in [0.15, 0.2) is 0 Å². The summed E-state index contributed by atoms with van der Waals surface area (Å²) in [6, 6.07) is 0. The summed E-state index contributed by atoms with van der Waals surface area (Å²) in [6.45, 7) is 1.29. The second kappa shape index (κ2) is 6.89. The first-order valence-corrected chi connectivity index (χ1v) is 7.53. The van der Waals surface area contributed by atoms with Crippen molar-refractivity contribution in [2.45, 2.75) is 26.1 Å². The van der Waals surface area contributed by atoms with E-state index >= 15 is 0 Å². The summed E-state index contributed by atoms with van der Waals surface area (Å²) in [7, 11) is -3.81. The summed E-state index contributed by atoms with van der Waals surface area (Å²) in [4.78, 5) is 16.4. The minimum absolute atomic E-state index is 0.138. The van der Waals surface area contributed by atoms with Crippen molar-refractivity contribution in [1.82, 2.24) is 14.7 Å². The number of hydrogen-bond acceptors (Lipinski definition) is 5. The molecule has 120 valence electrons. The van der Waals surface area contributed by atoms with Gasteiger partial charge in [0.2, 0.25) is 10.0 Å². The number of hydrogen-bond donors (Lipinski definition) is 2. The Kier molecular flexibility index (Phi) is 5.72. The number of nitrogens with one attached hydrogen (secondary N) is 2. The maximum absolute atomic E-state index is 12.3. The molecule has 11 heteroatoms. The van der Waals surface area contributed by atoms with E-state index < -0.39 is 40.2 Å². The summed E-state index contributed by atoms with van der Waals surface area (Å²) in [6.07, 6.45) is -4.34. The van der Waals surface area contributed by atoms with Crippen molar-refractivity contribution in [1.29, 1.82) is 0 Å². The van der Waals surface area contributed by atoms with E-state index in [9.17, 15) is 26.4 Å². The topological polar surface area (TPSA) is 101 Å². The molecule has 0 radical (unpaired) electrons. The van der Waals surface area contributed by atoms with Crippen molar-refractivity contribution in [3.63, 3.8) is 0 Å². The number of ether oxygens (including phenoxy) is 1. The molecule has 0 saturated heterocycles. The van der Waals surface area contributed by atoms with Crippen LogP contribution in [0.25, 0.3) is 0 Å². The van der Waals surface area contributed by atoms with Gasteiger partial charge in [0, 0.05) is 0 Å². The molecule has 7 nitrogen and oxygen atoms in total. The van der Waals surface area contributed by atoms with Gasteiger partial charge in [0.25, 0.3) is 0 Å². The second-order valence-electron chi connectivity index (χ2n) is 3.94. The highest BCUT2D eigenvalue weighted by Crippen LogP contribution is 2.27. The zero-order valence-electron chi connectivity index (χ0n) is 11.0. The molecule has 1 heterocycles. The van der Waals surface area contributed by atoms with Gasteiger partial charge in [0.1, 0.15) is 11.5 Å².